The van der Waals surface area contributed by atoms with Gasteiger partial charge in [0.2, 0.25) is 5.95 Å². The first kappa shape index (κ1) is 20.6. The SMILES string of the molecule is CCOc1cc(F)c(F)c(F)c1C=NNc1nc(-c2ccccc2)c(C#N)c(=O)[nH]1. The van der Waals surface area contributed by atoms with Crippen LogP contribution in [0.2, 0.25) is 0 Å². The molecule has 0 aliphatic heterocycles. The van der Waals surface area contributed by atoms with Crippen molar-refractivity contribution in [2.24, 2.45) is 5.10 Å². The Bertz CT molecular complexity index is 1200. The van der Waals surface area contributed by atoms with E-state index < -0.39 is 28.6 Å². The Labute approximate surface area is 168 Å². The van der Waals surface area contributed by atoms with Gasteiger partial charge >= 0.3 is 0 Å². The molecule has 0 aliphatic carbocycles. The van der Waals surface area contributed by atoms with Crippen LogP contribution in [0, 0.1) is 28.8 Å². The first-order valence-electron chi connectivity index (χ1n) is 8.65. The summed E-state index contributed by atoms with van der Waals surface area (Å²) >= 11 is 0. The fraction of sp³-hybridized carbons (Fsp3) is 0.100. The highest BCUT2D eigenvalue weighted by Gasteiger charge is 2.19. The van der Waals surface area contributed by atoms with Crippen LogP contribution in [0.25, 0.3) is 11.3 Å². The third-order valence-electron chi connectivity index (χ3n) is 3.90. The molecule has 1 aromatic heterocycles. The van der Waals surface area contributed by atoms with Gasteiger partial charge in [-0.3, -0.25) is 9.78 Å². The van der Waals surface area contributed by atoms with E-state index in [4.69, 9.17) is 4.74 Å². The van der Waals surface area contributed by atoms with Crippen molar-refractivity contribution in [3.05, 3.63) is 75.3 Å². The number of hydrogen-bond acceptors (Lipinski definition) is 6. The lowest BCUT2D eigenvalue weighted by molar-refractivity contribution is 0.330. The van der Waals surface area contributed by atoms with Crippen LogP contribution in [-0.2, 0) is 0 Å². The Kier molecular flexibility index (Phi) is 6.12. The minimum atomic E-state index is -1.67. The number of aromatic amines is 1. The summed E-state index contributed by atoms with van der Waals surface area (Å²) in [6, 6.07) is 11.0. The molecule has 0 radical (unpaired) electrons. The minimum absolute atomic E-state index is 0.0870. The van der Waals surface area contributed by atoms with Gasteiger partial charge in [0.05, 0.1) is 24.1 Å². The molecule has 2 N–H and O–H groups in total. The first-order valence-corrected chi connectivity index (χ1v) is 8.65. The van der Waals surface area contributed by atoms with Crippen molar-refractivity contribution < 1.29 is 17.9 Å². The summed E-state index contributed by atoms with van der Waals surface area (Å²) in [6.45, 7) is 1.68. The Morgan fingerprint density at radius 1 is 1.27 bits per heavy atom. The van der Waals surface area contributed by atoms with Gasteiger partial charge in [-0.05, 0) is 6.92 Å². The lowest BCUT2D eigenvalue weighted by Gasteiger charge is -2.09. The molecule has 0 fully saturated rings. The molecule has 152 valence electrons. The monoisotopic (exact) mass is 413 g/mol. The van der Waals surface area contributed by atoms with Crippen molar-refractivity contribution in [1.82, 2.24) is 9.97 Å². The normalized spacial score (nSPS) is 10.8. The molecular weight excluding hydrogens is 399 g/mol. The zero-order valence-electron chi connectivity index (χ0n) is 15.5. The van der Waals surface area contributed by atoms with Gasteiger partial charge in [0.25, 0.3) is 5.56 Å². The second-order valence-corrected chi connectivity index (χ2v) is 5.82. The first-order chi connectivity index (χ1) is 14.5. The predicted molar refractivity (Wildman–Crippen MR) is 104 cm³/mol. The molecule has 0 unspecified atom stereocenters. The summed E-state index contributed by atoms with van der Waals surface area (Å²) in [4.78, 5) is 18.7. The highest BCUT2D eigenvalue weighted by molar-refractivity contribution is 5.84. The number of benzene rings is 2. The number of nitriles is 1. The Hall–Kier alpha value is -4.13. The highest BCUT2D eigenvalue weighted by Crippen LogP contribution is 2.25. The molecule has 0 spiro atoms. The summed E-state index contributed by atoms with van der Waals surface area (Å²) in [6.07, 6.45) is 0.864. The van der Waals surface area contributed by atoms with Gasteiger partial charge in [-0.25, -0.2) is 23.6 Å². The number of hydrogen-bond donors (Lipinski definition) is 2. The van der Waals surface area contributed by atoms with Crippen molar-refractivity contribution in [1.29, 1.82) is 5.26 Å². The summed E-state index contributed by atoms with van der Waals surface area (Å²) < 4.78 is 46.2. The van der Waals surface area contributed by atoms with Crippen molar-refractivity contribution in [2.45, 2.75) is 6.92 Å². The number of hydrazone groups is 1. The smallest absolute Gasteiger partial charge is 0.270 e. The van der Waals surface area contributed by atoms with Gasteiger partial charge in [-0.1, -0.05) is 30.3 Å². The van der Waals surface area contributed by atoms with E-state index in [1.54, 1.807) is 43.3 Å². The number of nitrogens with one attached hydrogen (secondary N) is 2. The van der Waals surface area contributed by atoms with E-state index in [1.807, 2.05) is 0 Å². The summed E-state index contributed by atoms with van der Waals surface area (Å²) in [7, 11) is 0. The number of anilines is 1. The lowest BCUT2D eigenvalue weighted by atomic mass is 10.1. The molecule has 0 bridgehead atoms. The van der Waals surface area contributed by atoms with Crippen LogP contribution in [0.15, 0.2) is 46.3 Å². The maximum Gasteiger partial charge on any atom is 0.270 e. The van der Waals surface area contributed by atoms with E-state index in [1.165, 1.54) is 0 Å². The quantitative estimate of drug-likeness (QED) is 0.365. The molecular formula is C20H14F3N5O2. The van der Waals surface area contributed by atoms with Gasteiger partial charge in [0, 0.05) is 11.6 Å². The maximum absolute atomic E-state index is 14.1. The Balaban J connectivity index is 1.97. The molecule has 0 aliphatic rings. The molecule has 10 heteroatoms. The second-order valence-electron chi connectivity index (χ2n) is 5.82. The summed E-state index contributed by atoms with van der Waals surface area (Å²) in [5, 5.41) is 13.0. The predicted octanol–water partition coefficient (Wildman–Crippen LogP) is 3.57. The van der Waals surface area contributed by atoms with E-state index in [9.17, 15) is 23.2 Å². The van der Waals surface area contributed by atoms with Crippen molar-refractivity contribution in [3.8, 4) is 23.1 Å². The molecule has 3 rings (SSSR count). The van der Waals surface area contributed by atoms with Crippen LogP contribution in [0.1, 0.15) is 18.1 Å². The van der Waals surface area contributed by atoms with E-state index >= 15 is 0 Å². The van der Waals surface area contributed by atoms with Crippen LogP contribution >= 0.6 is 0 Å². The second kappa shape index (κ2) is 8.91. The zero-order chi connectivity index (χ0) is 21.7. The van der Waals surface area contributed by atoms with Crippen LogP contribution < -0.4 is 15.7 Å². The van der Waals surface area contributed by atoms with Crippen molar-refractivity contribution in [3.63, 3.8) is 0 Å². The van der Waals surface area contributed by atoms with Gasteiger partial charge in [-0.15, -0.1) is 0 Å². The third kappa shape index (κ3) is 4.15. The number of nitrogens with zero attached hydrogens (tertiary/aromatic N) is 3. The molecule has 7 nitrogen and oxygen atoms in total. The number of H-pyrrole nitrogens is 1. The number of rotatable bonds is 6. The van der Waals surface area contributed by atoms with Crippen LogP contribution in [0.5, 0.6) is 5.75 Å². The van der Waals surface area contributed by atoms with Gasteiger partial charge in [0.1, 0.15) is 17.4 Å². The van der Waals surface area contributed by atoms with Crippen LogP contribution in [0.3, 0.4) is 0 Å². The minimum Gasteiger partial charge on any atom is -0.493 e. The Morgan fingerprint density at radius 2 is 2.00 bits per heavy atom. The van der Waals surface area contributed by atoms with Crippen molar-refractivity contribution >= 4 is 12.2 Å². The number of ether oxygens (including phenoxy) is 1. The zero-order valence-corrected chi connectivity index (χ0v) is 15.5. The molecule has 2 aromatic carbocycles. The van der Waals surface area contributed by atoms with Crippen LogP contribution in [-0.4, -0.2) is 22.8 Å². The summed E-state index contributed by atoms with van der Waals surface area (Å²) in [5.41, 5.74) is 1.69. The number of aromatic nitrogens is 2. The molecule has 3 aromatic rings. The molecule has 0 saturated carbocycles. The van der Waals surface area contributed by atoms with E-state index in [0.717, 1.165) is 6.21 Å². The average molecular weight is 413 g/mol. The average Bonchev–Trinajstić information content (AvgIpc) is 2.75. The fourth-order valence-corrected chi connectivity index (χ4v) is 2.58. The fourth-order valence-electron chi connectivity index (χ4n) is 2.58. The third-order valence-corrected chi connectivity index (χ3v) is 3.90. The summed E-state index contributed by atoms with van der Waals surface area (Å²) in [5.74, 6) is -4.93. The van der Waals surface area contributed by atoms with Gasteiger partial charge in [-0.2, -0.15) is 10.4 Å². The van der Waals surface area contributed by atoms with Gasteiger partial charge in [0.15, 0.2) is 17.5 Å². The topological polar surface area (TPSA) is 103 Å². The Morgan fingerprint density at radius 3 is 2.67 bits per heavy atom. The lowest BCUT2D eigenvalue weighted by Crippen LogP contribution is -2.16. The number of halogens is 3. The molecule has 0 saturated heterocycles. The van der Waals surface area contributed by atoms with E-state index in [-0.39, 0.29) is 29.6 Å². The molecule has 0 amide bonds. The van der Waals surface area contributed by atoms with Crippen LogP contribution in [0.4, 0.5) is 19.1 Å². The maximum atomic E-state index is 14.1. The van der Waals surface area contributed by atoms with Gasteiger partial charge < -0.3 is 4.74 Å². The highest BCUT2D eigenvalue weighted by atomic mass is 19.2. The standard InChI is InChI=1S/C20H14F3N5O2/c1-2-30-15-8-14(21)17(23)16(22)13(15)10-25-28-20-26-18(11-6-4-3-5-7-11)12(9-24)19(29)27-20/h3-8,10H,2H2,1H3,(H2,26,27,28,29). The van der Waals surface area contributed by atoms with Crippen molar-refractivity contribution in [2.75, 3.05) is 12.0 Å². The van der Waals surface area contributed by atoms with E-state index in [0.29, 0.717) is 11.6 Å². The molecule has 1 heterocycles. The van der Waals surface area contributed by atoms with E-state index in [2.05, 4.69) is 20.5 Å². The largest absolute Gasteiger partial charge is 0.493 e. The molecule has 0 atom stereocenters. The molecule has 30 heavy (non-hydrogen) atoms.